The molecule has 1 amide bonds. The third kappa shape index (κ3) is 5.38. The molecule has 1 aliphatic heterocycles. The molecule has 32 heavy (non-hydrogen) atoms. The van der Waals surface area contributed by atoms with Gasteiger partial charge in [-0.2, -0.15) is 0 Å². The van der Waals surface area contributed by atoms with E-state index in [4.69, 9.17) is 4.74 Å². The van der Waals surface area contributed by atoms with Crippen molar-refractivity contribution in [1.29, 1.82) is 0 Å². The van der Waals surface area contributed by atoms with Gasteiger partial charge in [0.15, 0.2) is 0 Å². The molecule has 0 spiro atoms. The zero-order chi connectivity index (χ0) is 22.7. The van der Waals surface area contributed by atoms with Crippen LogP contribution in [0.15, 0.2) is 36.4 Å². The first kappa shape index (κ1) is 21.7. The number of hydrogen-bond donors (Lipinski definition) is 1. The van der Waals surface area contributed by atoms with Crippen molar-refractivity contribution in [2.24, 2.45) is 5.92 Å². The second kappa shape index (κ2) is 9.30. The lowest BCUT2D eigenvalue weighted by atomic mass is 9.96. The lowest BCUT2D eigenvalue weighted by Gasteiger charge is -2.31. The molecule has 1 aromatic carbocycles. The van der Waals surface area contributed by atoms with Crippen LogP contribution in [0.25, 0.3) is 0 Å². The van der Waals surface area contributed by atoms with Crippen molar-refractivity contribution in [1.82, 2.24) is 19.9 Å². The monoisotopic (exact) mass is 432 g/mol. The lowest BCUT2D eigenvalue weighted by molar-refractivity contribution is -0.120. The average molecular weight is 433 g/mol. The van der Waals surface area contributed by atoms with Gasteiger partial charge in [-0.25, -0.2) is 19.9 Å². The molecule has 0 bridgehead atoms. The molecule has 0 aliphatic carbocycles. The van der Waals surface area contributed by atoms with Gasteiger partial charge < -0.3 is 15.0 Å². The normalized spacial score (nSPS) is 14.3. The molecule has 1 N–H and O–H groups in total. The van der Waals surface area contributed by atoms with E-state index < -0.39 is 0 Å². The van der Waals surface area contributed by atoms with Crippen LogP contribution in [0.3, 0.4) is 0 Å². The molecule has 0 unspecified atom stereocenters. The van der Waals surface area contributed by atoms with Gasteiger partial charge >= 0.3 is 6.01 Å². The summed E-state index contributed by atoms with van der Waals surface area (Å²) < 4.78 is 5.80. The van der Waals surface area contributed by atoms with Crippen LogP contribution in [0.2, 0.25) is 0 Å². The largest absolute Gasteiger partial charge is 0.424 e. The van der Waals surface area contributed by atoms with Crippen LogP contribution in [0.4, 0.5) is 11.6 Å². The maximum absolute atomic E-state index is 12.9. The molecule has 1 aliphatic rings. The van der Waals surface area contributed by atoms with E-state index in [1.165, 1.54) is 0 Å². The zero-order valence-corrected chi connectivity index (χ0v) is 18.9. The Balaban J connectivity index is 1.36. The van der Waals surface area contributed by atoms with Crippen LogP contribution in [0.5, 0.6) is 11.8 Å². The molecule has 4 rings (SSSR count). The van der Waals surface area contributed by atoms with E-state index in [0.717, 1.165) is 54.7 Å². The maximum Gasteiger partial charge on any atom is 0.322 e. The Labute approximate surface area is 188 Å². The molecule has 3 heterocycles. The number of amides is 1. The number of piperidine rings is 1. The standard InChI is InChI=1S/C24H28N6O2/c1-15-12-16(2)26-23(25-15)30-10-8-19(9-11-30)22(31)29-20-6-5-7-21(14-20)32-24-27-17(3)13-18(4)28-24/h5-7,12-14,19H,8-11H2,1-4H3,(H,29,31). The van der Waals surface area contributed by atoms with E-state index in [2.05, 4.69) is 30.2 Å². The van der Waals surface area contributed by atoms with Gasteiger partial charge in [-0.3, -0.25) is 4.79 Å². The number of aromatic nitrogens is 4. The Bertz CT molecular complexity index is 1080. The number of carbonyl (C=O) groups excluding carboxylic acids is 1. The molecule has 3 aromatic rings. The van der Waals surface area contributed by atoms with Crippen molar-refractivity contribution in [3.8, 4) is 11.8 Å². The van der Waals surface area contributed by atoms with E-state index in [-0.39, 0.29) is 11.8 Å². The SMILES string of the molecule is Cc1cc(C)nc(Oc2cccc(NC(=O)C3CCN(c4nc(C)cc(C)n4)CC3)c2)n1. The first-order valence-electron chi connectivity index (χ1n) is 10.8. The third-order valence-corrected chi connectivity index (χ3v) is 5.39. The highest BCUT2D eigenvalue weighted by Gasteiger charge is 2.26. The summed E-state index contributed by atoms with van der Waals surface area (Å²) in [5, 5.41) is 3.02. The first-order chi connectivity index (χ1) is 15.4. The minimum absolute atomic E-state index is 0.0193. The summed E-state index contributed by atoms with van der Waals surface area (Å²) in [4.78, 5) is 32.7. The van der Waals surface area contributed by atoms with E-state index in [9.17, 15) is 4.79 Å². The summed E-state index contributed by atoms with van der Waals surface area (Å²) >= 11 is 0. The number of rotatable bonds is 5. The summed E-state index contributed by atoms with van der Waals surface area (Å²) in [5.74, 6) is 1.30. The number of nitrogens with zero attached hydrogens (tertiary/aromatic N) is 5. The van der Waals surface area contributed by atoms with Gasteiger partial charge in [0.1, 0.15) is 5.75 Å². The van der Waals surface area contributed by atoms with Gasteiger partial charge in [0, 0.05) is 53.5 Å². The van der Waals surface area contributed by atoms with Crippen LogP contribution in [0.1, 0.15) is 35.6 Å². The van der Waals surface area contributed by atoms with Crippen molar-refractivity contribution in [3.63, 3.8) is 0 Å². The average Bonchev–Trinajstić information content (AvgIpc) is 2.72. The van der Waals surface area contributed by atoms with Gasteiger partial charge in [-0.1, -0.05) is 6.07 Å². The quantitative estimate of drug-likeness (QED) is 0.647. The lowest BCUT2D eigenvalue weighted by Crippen LogP contribution is -2.39. The second-order valence-corrected chi connectivity index (χ2v) is 8.26. The van der Waals surface area contributed by atoms with Crippen molar-refractivity contribution in [2.75, 3.05) is 23.3 Å². The molecular formula is C24H28N6O2. The van der Waals surface area contributed by atoms with Crippen LogP contribution in [-0.4, -0.2) is 38.9 Å². The molecule has 1 fully saturated rings. The zero-order valence-electron chi connectivity index (χ0n) is 18.9. The Kier molecular flexibility index (Phi) is 6.30. The molecule has 0 atom stereocenters. The van der Waals surface area contributed by atoms with Crippen LogP contribution in [-0.2, 0) is 4.79 Å². The highest BCUT2D eigenvalue weighted by molar-refractivity contribution is 5.92. The van der Waals surface area contributed by atoms with Gasteiger partial charge in [-0.05, 0) is 64.8 Å². The van der Waals surface area contributed by atoms with Crippen molar-refractivity contribution < 1.29 is 9.53 Å². The number of benzene rings is 1. The van der Waals surface area contributed by atoms with E-state index in [1.807, 2.05) is 58.0 Å². The number of ether oxygens (including phenoxy) is 1. The molecule has 166 valence electrons. The highest BCUT2D eigenvalue weighted by Crippen LogP contribution is 2.25. The molecule has 0 radical (unpaired) electrons. The molecular weight excluding hydrogens is 404 g/mol. The third-order valence-electron chi connectivity index (χ3n) is 5.39. The van der Waals surface area contributed by atoms with E-state index in [0.29, 0.717) is 17.4 Å². The van der Waals surface area contributed by atoms with Crippen molar-refractivity contribution in [3.05, 3.63) is 59.2 Å². The summed E-state index contributed by atoms with van der Waals surface area (Å²) in [6.07, 6.45) is 1.52. The van der Waals surface area contributed by atoms with Crippen molar-refractivity contribution >= 4 is 17.5 Å². The number of carbonyl (C=O) groups is 1. The summed E-state index contributed by atoms with van der Waals surface area (Å²) in [5.41, 5.74) is 4.29. The van der Waals surface area contributed by atoms with Gasteiger partial charge in [0.2, 0.25) is 11.9 Å². The molecule has 8 heteroatoms. The fourth-order valence-electron chi connectivity index (χ4n) is 3.92. The fraction of sp³-hybridized carbons (Fsp3) is 0.375. The number of anilines is 2. The van der Waals surface area contributed by atoms with Gasteiger partial charge in [-0.15, -0.1) is 0 Å². The van der Waals surface area contributed by atoms with Crippen LogP contribution in [0, 0.1) is 33.6 Å². The minimum Gasteiger partial charge on any atom is -0.424 e. The molecule has 0 saturated carbocycles. The van der Waals surface area contributed by atoms with Crippen LogP contribution >= 0.6 is 0 Å². The minimum atomic E-state index is -0.0514. The topological polar surface area (TPSA) is 93.1 Å². The first-order valence-corrected chi connectivity index (χ1v) is 10.8. The summed E-state index contributed by atoms with van der Waals surface area (Å²) in [7, 11) is 0. The van der Waals surface area contributed by atoms with Crippen molar-refractivity contribution in [2.45, 2.75) is 40.5 Å². The predicted octanol–water partition coefficient (Wildman–Crippen LogP) is 4.15. The second-order valence-electron chi connectivity index (χ2n) is 8.26. The van der Waals surface area contributed by atoms with Gasteiger partial charge in [0.25, 0.3) is 0 Å². The molecule has 2 aromatic heterocycles. The Hall–Kier alpha value is -3.55. The summed E-state index contributed by atoms with van der Waals surface area (Å²) in [6.45, 7) is 9.26. The smallest absolute Gasteiger partial charge is 0.322 e. The number of hydrogen-bond acceptors (Lipinski definition) is 7. The fourth-order valence-corrected chi connectivity index (χ4v) is 3.92. The maximum atomic E-state index is 12.9. The Morgan fingerprint density at radius 3 is 2.12 bits per heavy atom. The Morgan fingerprint density at radius 2 is 1.50 bits per heavy atom. The molecule has 8 nitrogen and oxygen atoms in total. The highest BCUT2D eigenvalue weighted by atomic mass is 16.5. The van der Waals surface area contributed by atoms with Crippen LogP contribution < -0.4 is 15.0 Å². The predicted molar refractivity (Wildman–Crippen MR) is 123 cm³/mol. The number of nitrogens with one attached hydrogen (secondary N) is 1. The van der Waals surface area contributed by atoms with E-state index >= 15 is 0 Å². The summed E-state index contributed by atoms with van der Waals surface area (Å²) in [6, 6.07) is 11.5. The van der Waals surface area contributed by atoms with Gasteiger partial charge in [0.05, 0.1) is 0 Å². The van der Waals surface area contributed by atoms with E-state index in [1.54, 1.807) is 6.07 Å². The molecule has 1 saturated heterocycles. The number of aryl methyl sites for hydroxylation is 4. The Morgan fingerprint density at radius 1 is 0.906 bits per heavy atom.